The van der Waals surface area contributed by atoms with Crippen LogP contribution in [0.5, 0.6) is 0 Å². The highest BCUT2D eigenvalue weighted by molar-refractivity contribution is 5.80. The molecular weight excluding hydrogens is 384 g/mol. The number of aromatic nitrogens is 3. The van der Waals surface area contributed by atoms with Crippen LogP contribution in [-0.2, 0) is 6.54 Å². The van der Waals surface area contributed by atoms with Gasteiger partial charge in [0.05, 0.1) is 18.1 Å². The van der Waals surface area contributed by atoms with Gasteiger partial charge in [-0.2, -0.15) is 0 Å². The van der Waals surface area contributed by atoms with Crippen LogP contribution in [0, 0.1) is 6.92 Å². The van der Waals surface area contributed by atoms with E-state index >= 15 is 0 Å². The molecule has 0 saturated carbocycles. The number of benzene rings is 2. The van der Waals surface area contributed by atoms with Gasteiger partial charge in [-0.15, -0.1) is 0 Å². The van der Waals surface area contributed by atoms with E-state index in [9.17, 15) is 0 Å². The molecule has 158 valence electrons. The van der Waals surface area contributed by atoms with Gasteiger partial charge in [0, 0.05) is 22.6 Å². The molecule has 0 spiro atoms. The topological polar surface area (TPSA) is 55.1 Å². The number of likely N-dealkylation sites (tertiary alicyclic amines) is 1. The van der Waals surface area contributed by atoms with Crippen molar-refractivity contribution in [1.82, 2.24) is 19.9 Å². The number of oxazole rings is 1. The molecule has 1 atom stereocenters. The predicted molar refractivity (Wildman–Crippen MR) is 123 cm³/mol. The summed E-state index contributed by atoms with van der Waals surface area (Å²) >= 11 is 0. The molecule has 0 bridgehead atoms. The Hall–Kier alpha value is -3.05. The first-order chi connectivity index (χ1) is 15.1. The highest BCUT2D eigenvalue weighted by Gasteiger charge is 2.32. The molecule has 1 aliphatic heterocycles. The zero-order chi connectivity index (χ0) is 21.4. The molecule has 31 heavy (non-hydrogen) atoms. The summed E-state index contributed by atoms with van der Waals surface area (Å²) in [6.45, 7) is 8.09. The van der Waals surface area contributed by atoms with E-state index in [0.717, 1.165) is 64.7 Å². The van der Waals surface area contributed by atoms with Gasteiger partial charge < -0.3 is 4.42 Å². The van der Waals surface area contributed by atoms with Crippen LogP contribution in [0.3, 0.4) is 0 Å². The minimum atomic E-state index is 0.158. The van der Waals surface area contributed by atoms with E-state index in [0.29, 0.717) is 6.54 Å². The van der Waals surface area contributed by atoms with E-state index in [1.807, 2.05) is 18.2 Å². The van der Waals surface area contributed by atoms with Crippen LogP contribution in [-0.4, -0.2) is 26.4 Å². The van der Waals surface area contributed by atoms with Crippen molar-refractivity contribution in [3.05, 3.63) is 77.8 Å². The molecule has 0 amide bonds. The Bertz CT molecular complexity index is 1200. The van der Waals surface area contributed by atoms with E-state index in [-0.39, 0.29) is 12.0 Å². The third kappa shape index (κ3) is 3.86. The molecule has 2 aromatic heterocycles. The van der Waals surface area contributed by atoms with Crippen LogP contribution in [0.1, 0.15) is 61.8 Å². The zero-order valence-electron chi connectivity index (χ0n) is 18.4. The molecule has 0 unspecified atom stereocenters. The van der Waals surface area contributed by atoms with E-state index in [1.54, 1.807) is 0 Å². The first kappa shape index (κ1) is 19.9. The van der Waals surface area contributed by atoms with Gasteiger partial charge in [-0.05, 0) is 32.4 Å². The number of rotatable bonds is 5. The summed E-state index contributed by atoms with van der Waals surface area (Å²) in [5.74, 6) is 2.92. The molecule has 1 saturated heterocycles. The second-order valence-electron chi connectivity index (χ2n) is 8.66. The predicted octanol–water partition coefficient (Wildman–Crippen LogP) is 6.05. The van der Waals surface area contributed by atoms with Gasteiger partial charge in [0.15, 0.2) is 0 Å². The first-order valence-electron chi connectivity index (χ1n) is 11.1. The van der Waals surface area contributed by atoms with Crippen LogP contribution >= 0.6 is 0 Å². The van der Waals surface area contributed by atoms with Crippen molar-refractivity contribution in [1.29, 1.82) is 0 Å². The Balaban J connectivity index is 1.46. The quantitative estimate of drug-likeness (QED) is 0.399. The third-order valence-electron chi connectivity index (χ3n) is 6.07. The average molecular weight is 413 g/mol. The summed E-state index contributed by atoms with van der Waals surface area (Å²) in [4.78, 5) is 17.0. The van der Waals surface area contributed by atoms with Gasteiger partial charge in [-0.1, -0.05) is 62.4 Å². The Labute approximate surface area is 183 Å². The van der Waals surface area contributed by atoms with Crippen molar-refractivity contribution < 1.29 is 4.42 Å². The van der Waals surface area contributed by atoms with Crippen LogP contribution in [0.2, 0.25) is 0 Å². The van der Waals surface area contributed by atoms with Crippen LogP contribution in [0.25, 0.3) is 22.2 Å². The standard InChI is InChI=1S/C26H28N4O/c1-17(2)25-24(19-10-5-4-6-11-19)29-26(31-25)22-14-9-15-30(22)16-23-27-18(3)20-12-7-8-13-21(20)28-23/h4-8,10-13,17,22H,9,14-16H2,1-3H3/t22-/m1/s1. The lowest BCUT2D eigenvalue weighted by atomic mass is 10.0. The monoisotopic (exact) mass is 412 g/mol. The van der Waals surface area contributed by atoms with Gasteiger partial charge in [0.2, 0.25) is 5.89 Å². The van der Waals surface area contributed by atoms with Crippen LogP contribution in [0.4, 0.5) is 0 Å². The number of fused-ring (bicyclic) bond motifs is 1. The maximum atomic E-state index is 6.38. The average Bonchev–Trinajstić information content (AvgIpc) is 3.41. The Kier molecular flexibility index (Phi) is 5.28. The van der Waals surface area contributed by atoms with E-state index in [1.165, 1.54) is 0 Å². The summed E-state index contributed by atoms with van der Waals surface area (Å²) in [5, 5.41) is 1.12. The zero-order valence-corrected chi connectivity index (χ0v) is 18.4. The number of para-hydroxylation sites is 1. The fourth-order valence-electron chi connectivity index (χ4n) is 4.53. The van der Waals surface area contributed by atoms with Crippen molar-refractivity contribution >= 4 is 10.9 Å². The Morgan fingerprint density at radius 1 is 1.00 bits per heavy atom. The van der Waals surface area contributed by atoms with Crippen molar-refractivity contribution in [2.24, 2.45) is 0 Å². The fraction of sp³-hybridized carbons (Fsp3) is 0.346. The smallest absolute Gasteiger partial charge is 0.212 e. The number of nitrogens with zero attached hydrogens (tertiary/aromatic N) is 4. The third-order valence-corrected chi connectivity index (χ3v) is 6.07. The summed E-state index contributed by atoms with van der Waals surface area (Å²) in [6, 6.07) is 18.7. The van der Waals surface area contributed by atoms with Crippen molar-refractivity contribution in [3.8, 4) is 11.3 Å². The second-order valence-corrected chi connectivity index (χ2v) is 8.66. The minimum absolute atomic E-state index is 0.158. The van der Waals surface area contributed by atoms with E-state index in [4.69, 9.17) is 19.4 Å². The maximum Gasteiger partial charge on any atom is 0.212 e. The van der Waals surface area contributed by atoms with Gasteiger partial charge in [0.25, 0.3) is 0 Å². The number of hydrogen-bond acceptors (Lipinski definition) is 5. The molecule has 3 heterocycles. The summed E-state index contributed by atoms with van der Waals surface area (Å²) in [7, 11) is 0. The Morgan fingerprint density at radius 2 is 1.77 bits per heavy atom. The lowest BCUT2D eigenvalue weighted by Crippen LogP contribution is -2.24. The SMILES string of the molecule is Cc1nc(CN2CCC[C@@H]2c2nc(-c3ccccc3)c(C(C)C)o2)nc2ccccc12. The first-order valence-corrected chi connectivity index (χ1v) is 11.1. The fourth-order valence-corrected chi connectivity index (χ4v) is 4.53. The molecule has 0 aliphatic carbocycles. The molecule has 1 fully saturated rings. The molecule has 5 rings (SSSR count). The molecule has 0 N–H and O–H groups in total. The van der Waals surface area contributed by atoms with Gasteiger partial charge >= 0.3 is 0 Å². The lowest BCUT2D eigenvalue weighted by Gasteiger charge is -2.21. The molecular formula is C26H28N4O. The Morgan fingerprint density at radius 3 is 2.58 bits per heavy atom. The molecule has 5 heteroatoms. The van der Waals surface area contributed by atoms with Crippen molar-refractivity contribution in [2.45, 2.75) is 52.1 Å². The van der Waals surface area contributed by atoms with Crippen molar-refractivity contribution in [2.75, 3.05) is 6.54 Å². The van der Waals surface area contributed by atoms with E-state index < -0.39 is 0 Å². The minimum Gasteiger partial charge on any atom is -0.443 e. The molecule has 2 aromatic carbocycles. The lowest BCUT2D eigenvalue weighted by molar-refractivity contribution is 0.206. The van der Waals surface area contributed by atoms with Crippen molar-refractivity contribution in [3.63, 3.8) is 0 Å². The van der Waals surface area contributed by atoms with Gasteiger partial charge in [-0.25, -0.2) is 15.0 Å². The molecule has 1 aliphatic rings. The van der Waals surface area contributed by atoms with Crippen LogP contribution < -0.4 is 0 Å². The number of aryl methyl sites for hydroxylation is 1. The van der Waals surface area contributed by atoms with E-state index in [2.05, 4.69) is 62.1 Å². The number of hydrogen-bond donors (Lipinski definition) is 0. The molecule has 4 aromatic rings. The highest BCUT2D eigenvalue weighted by atomic mass is 16.4. The second kappa shape index (κ2) is 8.23. The van der Waals surface area contributed by atoms with Gasteiger partial charge in [-0.3, -0.25) is 4.90 Å². The largest absolute Gasteiger partial charge is 0.443 e. The summed E-state index contributed by atoms with van der Waals surface area (Å²) < 4.78 is 6.38. The maximum absolute atomic E-state index is 6.38. The highest BCUT2D eigenvalue weighted by Crippen LogP contribution is 2.37. The summed E-state index contributed by atoms with van der Waals surface area (Å²) in [5.41, 5.74) is 4.11. The van der Waals surface area contributed by atoms with Crippen LogP contribution in [0.15, 0.2) is 59.0 Å². The summed E-state index contributed by atoms with van der Waals surface area (Å²) in [6.07, 6.45) is 2.16. The molecule has 0 radical (unpaired) electrons. The molecule has 5 nitrogen and oxygen atoms in total. The normalized spacial score (nSPS) is 17.1. The van der Waals surface area contributed by atoms with Gasteiger partial charge in [0.1, 0.15) is 17.3 Å².